The number of fused-ring (bicyclic) bond motifs is 1. The molecule has 0 atom stereocenters. The van der Waals surface area contributed by atoms with Crippen molar-refractivity contribution in [2.24, 2.45) is 0 Å². The van der Waals surface area contributed by atoms with Crippen molar-refractivity contribution in [3.8, 4) is 0 Å². The van der Waals surface area contributed by atoms with Crippen LogP contribution >= 0.6 is 0 Å². The highest BCUT2D eigenvalue weighted by molar-refractivity contribution is 5.95. The van der Waals surface area contributed by atoms with Crippen LogP contribution in [0.3, 0.4) is 0 Å². The summed E-state index contributed by atoms with van der Waals surface area (Å²) in [7, 11) is 0. The van der Waals surface area contributed by atoms with Gasteiger partial charge in [-0.25, -0.2) is 4.79 Å². The summed E-state index contributed by atoms with van der Waals surface area (Å²) in [5, 5.41) is 10.7. The first-order valence-electron chi connectivity index (χ1n) is 5.09. The number of aldehydes is 1. The predicted molar refractivity (Wildman–Crippen MR) is 66.0 cm³/mol. The summed E-state index contributed by atoms with van der Waals surface area (Å²) in [6.07, 6.45) is 3.85. The van der Waals surface area contributed by atoms with E-state index in [1.807, 2.05) is 18.2 Å². The van der Waals surface area contributed by atoms with E-state index in [1.165, 1.54) is 6.08 Å². The number of carboxylic acids is 1. The molecule has 0 fully saturated rings. The maximum absolute atomic E-state index is 10.8. The fourth-order valence-corrected chi connectivity index (χ4v) is 1.65. The van der Waals surface area contributed by atoms with Crippen LogP contribution in [0.5, 0.6) is 0 Å². The van der Waals surface area contributed by atoms with E-state index in [4.69, 9.17) is 5.11 Å². The van der Waals surface area contributed by atoms with Gasteiger partial charge >= 0.3 is 5.97 Å². The van der Waals surface area contributed by atoms with Gasteiger partial charge in [0.2, 0.25) is 0 Å². The second-order valence-electron chi connectivity index (χ2n) is 3.62. The van der Waals surface area contributed by atoms with Gasteiger partial charge in [0.1, 0.15) is 6.29 Å². The van der Waals surface area contributed by atoms with Gasteiger partial charge in [0.15, 0.2) is 0 Å². The fourth-order valence-electron chi connectivity index (χ4n) is 1.65. The van der Waals surface area contributed by atoms with Gasteiger partial charge in [0.25, 0.3) is 0 Å². The summed E-state index contributed by atoms with van der Waals surface area (Å²) < 4.78 is 0. The van der Waals surface area contributed by atoms with Crippen LogP contribution in [0, 0.1) is 0 Å². The lowest BCUT2D eigenvalue weighted by molar-refractivity contribution is -0.104. The van der Waals surface area contributed by atoms with Crippen LogP contribution in [0.15, 0.2) is 42.5 Å². The SMILES string of the molecule is O=CC=Cc1ccc2cc(C(=O)O)ccc2c1. The number of aromatic carboxylic acids is 1. The van der Waals surface area contributed by atoms with Crippen LogP contribution in [0.2, 0.25) is 0 Å². The zero-order valence-corrected chi connectivity index (χ0v) is 8.96. The van der Waals surface area contributed by atoms with Gasteiger partial charge in [-0.05, 0) is 40.6 Å². The molecule has 3 heteroatoms. The molecule has 3 nitrogen and oxygen atoms in total. The molecule has 0 aromatic heterocycles. The Morgan fingerprint density at radius 1 is 1.06 bits per heavy atom. The molecule has 0 aliphatic carbocycles. The van der Waals surface area contributed by atoms with E-state index < -0.39 is 5.97 Å². The van der Waals surface area contributed by atoms with Crippen LogP contribution in [0.4, 0.5) is 0 Å². The van der Waals surface area contributed by atoms with Crippen molar-refractivity contribution in [3.05, 3.63) is 53.6 Å². The average molecular weight is 226 g/mol. The van der Waals surface area contributed by atoms with Gasteiger partial charge < -0.3 is 5.11 Å². The summed E-state index contributed by atoms with van der Waals surface area (Å²) >= 11 is 0. The Hall–Kier alpha value is -2.42. The molecule has 2 aromatic rings. The van der Waals surface area contributed by atoms with E-state index in [0.717, 1.165) is 22.6 Å². The van der Waals surface area contributed by atoms with Crippen molar-refractivity contribution in [2.75, 3.05) is 0 Å². The third-order valence-corrected chi connectivity index (χ3v) is 2.48. The molecule has 0 aliphatic rings. The molecule has 0 unspecified atom stereocenters. The molecule has 84 valence electrons. The van der Waals surface area contributed by atoms with E-state index in [-0.39, 0.29) is 5.56 Å². The summed E-state index contributed by atoms with van der Waals surface area (Å²) in [5.41, 5.74) is 1.18. The van der Waals surface area contributed by atoms with Crippen LogP contribution < -0.4 is 0 Å². The van der Waals surface area contributed by atoms with Crippen LogP contribution in [-0.2, 0) is 4.79 Å². The molecule has 0 heterocycles. The van der Waals surface area contributed by atoms with Gasteiger partial charge in [-0.1, -0.05) is 24.3 Å². The van der Waals surface area contributed by atoms with E-state index >= 15 is 0 Å². The molecule has 0 saturated carbocycles. The van der Waals surface area contributed by atoms with E-state index in [1.54, 1.807) is 24.3 Å². The first kappa shape index (κ1) is 11.1. The third-order valence-electron chi connectivity index (χ3n) is 2.48. The highest BCUT2D eigenvalue weighted by Gasteiger charge is 2.03. The Kier molecular flexibility index (Phi) is 3.01. The molecule has 0 radical (unpaired) electrons. The number of allylic oxidation sites excluding steroid dienone is 1. The third kappa shape index (κ3) is 2.39. The van der Waals surface area contributed by atoms with Gasteiger partial charge in [-0.3, -0.25) is 4.79 Å². The first-order chi connectivity index (χ1) is 8.20. The molecule has 0 aliphatic heterocycles. The first-order valence-corrected chi connectivity index (χ1v) is 5.09. The van der Waals surface area contributed by atoms with Crippen LogP contribution in [0.1, 0.15) is 15.9 Å². The number of hydrogen-bond donors (Lipinski definition) is 1. The lowest BCUT2D eigenvalue weighted by atomic mass is 10.0. The smallest absolute Gasteiger partial charge is 0.335 e. The second-order valence-corrected chi connectivity index (χ2v) is 3.62. The summed E-state index contributed by atoms with van der Waals surface area (Å²) in [6, 6.07) is 10.5. The number of rotatable bonds is 3. The molecule has 2 rings (SSSR count). The number of carbonyl (C=O) groups excluding carboxylic acids is 1. The maximum Gasteiger partial charge on any atom is 0.335 e. The largest absolute Gasteiger partial charge is 0.478 e. The van der Waals surface area contributed by atoms with Gasteiger partial charge in [0, 0.05) is 0 Å². The minimum atomic E-state index is -0.933. The van der Waals surface area contributed by atoms with Crippen molar-refractivity contribution in [1.82, 2.24) is 0 Å². The van der Waals surface area contributed by atoms with Gasteiger partial charge in [-0.15, -0.1) is 0 Å². The molecule has 1 N–H and O–H groups in total. The molecule has 0 bridgehead atoms. The zero-order chi connectivity index (χ0) is 12.3. The predicted octanol–water partition coefficient (Wildman–Crippen LogP) is 2.75. The summed E-state index contributed by atoms with van der Waals surface area (Å²) in [6.45, 7) is 0. The molecule has 0 amide bonds. The van der Waals surface area contributed by atoms with E-state index in [9.17, 15) is 9.59 Å². The summed E-state index contributed by atoms with van der Waals surface area (Å²) in [4.78, 5) is 21.0. The minimum Gasteiger partial charge on any atom is -0.478 e. The van der Waals surface area contributed by atoms with Crippen molar-refractivity contribution in [1.29, 1.82) is 0 Å². The van der Waals surface area contributed by atoms with Crippen molar-refractivity contribution in [3.63, 3.8) is 0 Å². The summed E-state index contributed by atoms with van der Waals surface area (Å²) in [5.74, 6) is -0.933. The Morgan fingerprint density at radius 3 is 2.47 bits per heavy atom. The number of hydrogen-bond acceptors (Lipinski definition) is 2. The molecule has 0 saturated heterocycles. The van der Waals surface area contributed by atoms with Crippen LogP contribution in [-0.4, -0.2) is 17.4 Å². The normalized spacial score (nSPS) is 10.8. The quantitative estimate of drug-likeness (QED) is 0.646. The average Bonchev–Trinajstić information content (AvgIpc) is 2.35. The Labute approximate surface area is 98.0 Å². The van der Waals surface area contributed by atoms with E-state index in [0.29, 0.717) is 0 Å². The number of carboxylic acid groups (broad SMARTS) is 1. The zero-order valence-electron chi connectivity index (χ0n) is 8.96. The Bertz CT molecular complexity index is 612. The topological polar surface area (TPSA) is 54.4 Å². The fraction of sp³-hybridized carbons (Fsp3) is 0. The standard InChI is InChI=1S/C14H10O3/c15-7-1-2-10-3-4-12-9-13(14(16)17)6-5-11(12)8-10/h1-9H,(H,16,17). The number of benzene rings is 2. The van der Waals surface area contributed by atoms with E-state index in [2.05, 4.69) is 0 Å². The molecular formula is C14H10O3. The van der Waals surface area contributed by atoms with Crippen molar-refractivity contribution < 1.29 is 14.7 Å². The lowest BCUT2D eigenvalue weighted by Gasteiger charge is -2.01. The maximum atomic E-state index is 10.8. The van der Waals surface area contributed by atoms with Crippen molar-refractivity contribution >= 4 is 29.1 Å². The molecule has 2 aromatic carbocycles. The van der Waals surface area contributed by atoms with Crippen molar-refractivity contribution in [2.45, 2.75) is 0 Å². The molecule has 0 spiro atoms. The minimum absolute atomic E-state index is 0.272. The van der Waals surface area contributed by atoms with Crippen LogP contribution in [0.25, 0.3) is 16.8 Å². The molecule has 17 heavy (non-hydrogen) atoms. The Morgan fingerprint density at radius 2 is 1.76 bits per heavy atom. The lowest BCUT2D eigenvalue weighted by Crippen LogP contribution is -1.95. The van der Waals surface area contributed by atoms with Gasteiger partial charge in [0.05, 0.1) is 5.56 Å². The second kappa shape index (κ2) is 4.61. The Balaban J connectivity index is 2.50. The van der Waals surface area contributed by atoms with Gasteiger partial charge in [-0.2, -0.15) is 0 Å². The highest BCUT2D eigenvalue weighted by Crippen LogP contribution is 2.18. The highest BCUT2D eigenvalue weighted by atomic mass is 16.4. The molecular weight excluding hydrogens is 216 g/mol. The number of carbonyl (C=O) groups is 2. The monoisotopic (exact) mass is 226 g/mol.